The van der Waals surface area contributed by atoms with Crippen LogP contribution in [0.5, 0.6) is 0 Å². The van der Waals surface area contributed by atoms with Crippen molar-refractivity contribution < 1.29 is 4.79 Å². The number of urea groups is 1. The van der Waals surface area contributed by atoms with E-state index in [1.54, 1.807) is 14.1 Å². The van der Waals surface area contributed by atoms with E-state index in [0.29, 0.717) is 5.13 Å². The van der Waals surface area contributed by atoms with Crippen LogP contribution >= 0.6 is 11.3 Å². The minimum Gasteiger partial charge on any atom is -0.331 e. The van der Waals surface area contributed by atoms with Crippen molar-refractivity contribution in [1.29, 1.82) is 0 Å². The molecule has 5 nitrogen and oxygen atoms in total. The second-order valence-electron chi connectivity index (χ2n) is 4.10. The zero-order chi connectivity index (χ0) is 13.1. The molecule has 0 atom stereocenters. The first kappa shape index (κ1) is 12.5. The van der Waals surface area contributed by atoms with Crippen molar-refractivity contribution in [3.8, 4) is 10.6 Å². The number of carbonyl (C=O) groups is 1. The molecule has 2 amide bonds. The van der Waals surface area contributed by atoms with Gasteiger partial charge < -0.3 is 4.90 Å². The maximum atomic E-state index is 11.5. The Hall–Kier alpha value is -1.95. The molecule has 0 saturated carbocycles. The average molecular weight is 262 g/mol. The van der Waals surface area contributed by atoms with Gasteiger partial charge in [-0.25, -0.2) is 4.79 Å². The van der Waals surface area contributed by atoms with Crippen molar-refractivity contribution in [2.75, 3.05) is 19.4 Å². The number of carbonyl (C=O) groups excluding carboxylic acids is 1. The molecule has 6 heteroatoms. The number of rotatable bonds is 2. The number of aryl methyl sites for hydroxylation is 1. The number of anilines is 1. The van der Waals surface area contributed by atoms with Gasteiger partial charge in [0.2, 0.25) is 5.13 Å². The molecule has 0 unspecified atom stereocenters. The van der Waals surface area contributed by atoms with Gasteiger partial charge in [0.05, 0.1) is 0 Å². The Morgan fingerprint density at radius 2 is 1.89 bits per heavy atom. The van der Waals surface area contributed by atoms with Gasteiger partial charge in [0, 0.05) is 19.7 Å². The highest BCUT2D eigenvalue weighted by Gasteiger charge is 2.10. The smallest absolute Gasteiger partial charge is 0.323 e. The monoisotopic (exact) mass is 262 g/mol. The van der Waals surface area contributed by atoms with E-state index < -0.39 is 0 Å². The van der Waals surface area contributed by atoms with Crippen LogP contribution in [0.1, 0.15) is 5.56 Å². The van der Waals surface area contributed by atoms with Gasteiger partial charge in [-0.3, -0.25) is 5.32 Å². The van der Waals surface area contributed by atoms with Crippen LogP contribution in [0, 0.1) is 6.92 Å². The predicted octanol–water partition coefficient (Wildman–Crippen LogP) is 2.61. The molecule has 1 heterocycles. The summed E-state index contributed by atoms with van der Waals surface area (Å²) in [6.45, 7) is 2.03. The van der Waals surface area contributed by atoms with Crippen LogP contribution in [0.2, 0.25) is 0 Å². The van der Waals surface area contributed by atoms with Gasteiger partial charge in [0.1, 0.15) is 5.01 Å². The molecule has 2 aromatic rings. The molecular weight excluding hydrogens is 248 g/mol. The summed E-state index contributed by atoms with van der Waals surface area (Å²) in [5, 5.41) is 12.0. The molecule has 18 heavy (non-hydrogen) atoms. The fourth-order valence-corrected chi connectivity index (χ4v) is 2.03. The minimum atomic E-state index is -0.207. The van der Waals surface area contributed by atoms with E-state index in [1.807, 2.05) is 31.2 Å². The summed E-state index contributed by atoms with van der Waals surface area (Å²) in [4.78, 5) is 12.9. The summed E-state index contributed by atoms with van der Waals surface area (Å²) >= 11 is 1.36. The summed E-state index contributed by atoms with van der Waals surface area (Å²) in [5.74, 6) is 0. The standard InChI is InChI=1S/C12H14N4OS/c1-8-4-6-9(7-5-8)10-14-15-11(18-10)13-12(17)16(2)3/h4-7H,1-3H3,(H,13,15,17). The zero-order valence-corrected chi connectivity index (χ0v) is 11.3. The molecule has 2 rings (SSSR count). The first-order chi connectivity index (χ1) is 8.56. The van der Waals surface area contributed by atoms with E-state index >= 15 is 0 Å². The molecule has 0 aliphatic rings. The second-order valence-corrected chi connectivity index (χ2v) is 5.08. The molecular formula is C12H14N4OS. The highest BCUT2D eigenvalue weighted by Crippen LogP contribution is 2.26. The van der Waals surface area contributed by atoms with E-state index in [2.05, 4.69) is 15.5 Å². The fraction of sp³-hybridized carbons (Fsp3) is 0.250. The highest BCUT2D eigenvalue weighted by atomic mass is 32.1. The molecule has 1 aromatic carbocycles. The van der Waals surface area contributed by atoms with Gasteiger partial charge in [-0.2, -0.15) is 0 Å². The lowest BCUT2D eigenvalue weighted by molar-refractivity contribution is 0.230. The van der Waals surface area contributed by atoms with Crippen molar-refractivity contribution in [2.45, 2.75) is 6.92 Å². The number of benzene rings is 1. The highest BCUT2D eigenvalue weighted by molar-refractivity contribution is 7.18. The van der Waals surface area contributed by atoms with Gasteiger partial charge in [-0.05, 0) is 6.92 Å². The summed E-state index contributed by atoms with van der Waals surface area (Å²) in [7, 11) is 3.36. The number of aromatic nitrogens is 2. The Bertz CT molecular complexity index is 547. The van der Waals surface area contributed by atoms with Gasteiger partial charge >= 0.3 is 6.03 Å². The predicted molar refractivity (Wildman–Crippen MR) is 72.8 cm³/mol. The summed E-state index contributed by atoms with van der Waals surface area (Å²) in [6, 6.07) is 7.83. The lowest BCUT2D eigenvalue weighted by Gasteiger charge is -2.08. The molecule has 0 bridgehead atoms. The summed E-state index contributed by atoms with van der Waals surface area (Å²) < 4.78 is 0. The first-order valence-electron chi connectivity index (χ1n) is 5.45. The maximum absolute atomic E-state index is 11.5. The molecule has 0 fully saturated rings. The third-order valence-corrected chi connectivity index (χ3v) is 3.23. The van der Waals surface area contributed by atoms with E-state index in [9.17, 15) is 4.79 Å². The lowest BCUT2D eigenvalue weighted by atomic mass is 10.2. The van der Waals surface area contributed by atoms with Gasteiger partial charge in [0.15, 0.2) is 0 Å². The van der Waals surface area contributed by atoms with E-state index in [4.69, 9.17) is 0 Å². The van der Waals surface area contributed by atoms with Crippen LogP contribution in [0.4, 0.5) is 9.93 Å². The SMILES string of the molecule is Cc1ccc(-c2nnc(NC(=O)N(C)C)s2)cc1. The van der Waals surface area contributed by atoms with Crippen molar-refractivity contribution >= 4 is 22.5 Å². The fourth-order valence-electron chi connectivity index (χ4n) is 1.29. The molecule has 1 N–H and O–H groups in total. The molecule has 0 radical (unpaired) electrons. The van der Waals surface area contributed by atoms with Crippen LogP contribution < -0.4 is 5.32 Å². The van der Waals surface area contributed by atoms with Crippen LogP contribution in [0.15, 0.2) is 24.3 Å². The van der Waals surface area contributed by atoms with Gasteiger partial charge in [-0.1, -0.05) is 41.2 Å². The molecule has 0 aliphatic heterocycles. The molecule has 0 aliphatic carbocycles. The van der Waals surface area contributed by atoms with Crippen LogP contribution in [-0.2, 0) is 0 Å². The van der Waals surface area contributed by atoms with Crippen LogP contribution in [0.3, 0.4) is 0 Å². The lowest BCUT2D eigenvalue weighted by Crippen LogP contribution is -2.27. The van der Waals surface area contributed by atoms with Crippen LogP contribution in [-0.4, -0.2) is 35.2 Å². The van der Waals surface area contributed by atoms with E-state index in [1.165, 1.54) is 21.8 Å². The normalized spacial score (nSPS) is 10.2. The van der Waals surface area contributed by atoms with Crippen LogP contribution in [0.25, 0.3) is 10.6 Å². The summed E-state index contributed by atoms with van der Waals surface area (Å²) in [5.41, 5.74) is 2.20. The zero-order valence-electron chi connectivity index (χ0n) is 10.5. The van der Waals surface area contributed by atoms with E-state index in [0.717, 1.165) is 10.6 Å². The largest absolute Gasteiger partial charge is 0.331 e. The number of hydrogen-bond donors (Lipinski definition) is 1. The molecule has 0 spiro atoms. The maximum Gasteiger partial charge on any atom is 0.323 e. The first-order valence-corrected chi connectivity index (χ1v) is 6.27. The second kappa shape index (κ2) is 5.14. The van der Waals surface area contributed by atoms with Gasteiger partial charge in [0.25, 0.3) is 0 Å². The Labute approximate surface area is 109 Å². The Kier molecular flexibility index (Phi) is 3.57. The van der Waals surface area contributed by atoms with Crippen molar-refractivity contribution in [3.63, 3.8) is 0 Å². The Balaban J connectivity index is 2.15. The number of hydrogen-bond acceptors (Lipinski definition) is 4. The van der Waals surface area contributed by atoms with Crippen molar-refractivity contribution in [3.05, 3.63) is 29.8 Å². The Morgan fingerprint density at radius 3 is 2.50 bits per heavy atom. The minimum absolute atomic E-state index is 0.207. The van der Waals surface area contributed by atoms with Crippen molar-refractivity contribution in [2.24, 2.45) is 0 Å². The molecule has 0 saturated heterocycles. The molecule has 1 aromatic heterocycles. The van der Waals surface area contributed by atoms with E-state index in [-0.39, 0.29) is 6.03 Å². The van der Waals surface area contributed by atoms with Crippen molar-refractivity contribution in [1.82, 2.24) is 15.1 Å². The number of nitrogens with one attached hydrogen (secondary N) is 1. The average Bonchev–Trinajstić information content (AvgIpc) is 2.78. The molecule has 94 valence electrons. The third-order valence-electron chi connectivity index (χ3n) is 2.34. The quantitative estimate of drug-likeness (QED) is 0.905. The third kappa shape index (κ3) is 2.84. The number of nitrogens with zero attached hydrogens (tertiary/aromatic N) is 3. The number of amides is 2. The Morgan fingerprint density at radius 1 is 1.22 bits per heavy atom. The topological polar surface area (TPSA) is 58.1 Å². The summed E-state index contributed by atoms with van der Waals surface area (Å²) in [6.07, 6.45) is 0. The van der Waals surface area contributed by atoms with Gasteiger partial charge in [-0.15, -0.1) is 10.2 Å².